The fourth-order valence-corrected chi connectivity index (χ4v) is 1.79. The smallest absolute Gasteiger partial charge is 0.255 e. The molecule has 86 valence electrons. The molecule has 1 N–H and O–H groups in total. The first-order chi connectivity index (χ1) is 8.29. The summed E-state index contributed by atoms with van der Waals surface area (Å²) in [6, 6.07) is 11.1. The van der Waals surface area contributed by atoms with Gasteiger partial charge in [0, 0.05) is 28.5 Å². The van der Waals surface area contributed by atoms with Crippen LogP contribution in [0.1, 0.15) is 10.4 Å². The Labute approximate surface area is 104 Å². The second-order valence-electron chi connectivity index (χ2n) is 3.42. The lowest BCUT2D eigenvalue weighted by Gasteiger charge is -2.05. The number of amides is 1. The van der Waals surface area contributed by atoms with Crippen LogP contribution in [0.4, 0.5) is 5.69 Å². The number of carbonyl (C=O) groups is 1. The van der Waals surface area contributed by atoms with Crippen molar-refractivity contribution in [2.75, 3.05) is 11.6 Å². The molecule has 1 aromatic carbocycles. The van der Waals surface area contributed by atoms with Crippen LogP contribution in [0.15, 0.2) is 53.7 Å². The van der Waals surface area contributed by atoms with Gasteiger partial charge in [-0.05, 0) is 42.7 Å². The van der Waals surface area contributed by atoms with Crippen molar-refractivity contribution in [2.45, 2.75) is 4.90 Å². The summed E-state index contributed by atoms with van der Waals surface area (Å²) >= 11 is 1.67. The third-order valence-electron chi connectivity index (χ3n) is 2.29. The van der Waals surface area contributed by atoms with E-state index in [9.17, 15) is 4.79 Å². The molecule has 0 fully saturated rings. The SMILES string of the molecule is CSc1ccc(NC(=O)c2ccncc2)cc1. The summed E-state index contributed by atoms with van der Waals surface area (Å²) in [5.41, 5.74) is 1.40. The largest absolute Gasteiger partial charge is 0.322 e. The van der Waals surface area contributed by atoms with Crippen LogP contribution >= 0.6 is 11.8 Å². The molecule has 0 aliphatic carbocycles. The lowest BCUT2D eigenvalue weighted by molar-refractivity contribution is 0.102. The molecular weight excluding hydrogens is 232 g/mol. The third kappa shape index (κ3) is 3.07. The number of benzene rings is 1. The van der Waals surface area contributed by atoms with E-state index in [1.54, 1.807) is 36.3 Å². The highest BCUT2D eigenvalue weighted by atomic mass is 32.2. The van der Waals surface area contributed by atoms with Crippen LogP contribution in [0, 0.1) is 0 Å². The van der Waals surface area contributed by atoms with E-state index in [-0.39, 0.29) is 5.91 Å². The lowest BCUT2D eigenvalue weighted by Crippen LogP contribution is -2.11. The summed E-state index contributed by atoms with van der Waals surface area (Å²) in [4.78, 5) is 16.9. The van der Waals surface area contributed by atoms with Crippen molar-refractivity contribution in [2.24, 2.45) is 0 Å². The molecule has 1 amide bonds. The maximum absolute atomic E-state index is 11.8. The van der Waals surface area contributed by atoms with Gasteiger partial charge in [-0.2, -0.15) is 0 Å². The van der Waals surface area contributed by atoms with Crippen molar-refractivity contribution in [1.82, 2.24) is 4.98 Å². The van der Waals surface area contributed by atoms with Crippen LogP contribution in [0.5, 0.6) is 0 Å². The number of pyridine rings is 1. The molecule has 1 heterocycles. The van der Waals surface area contributed by atoms with E-state index in [2.05, 4.69) is 10.3 Å². The van der Waals surface area contributed by atoms with Crippen molar-refractivity contribution in [3.05, 3.63) is 54.4 Å². The van der Waals surface area contributed by atoms with Gasteiger partial charge in [-0.15, -0.1) is 11.8 Å². The normalized spacial score (nSPS) is 9.94. The van der Waals surface area contributed by atoms with Crippen LogP contribution in [0.2, 0.25) is 0 Å². The molecule has 0 spiro atoms. The zero-order valence-corrected chi connectivity index (χ0v) is 10.2. The first-order valence-electron chi connectivity index (χ1n) is 5.15. The van der Waals surface area contributed by atoms with Crippen LogP contribution in [-0.2, 0) is 0 Å². The number of nitrogens with one attached hydrogen (secondary N) is 1. The molecule has 3 nitrogen and oxygen atoms in total. The monoisotopic (exact) mass is 244 g/mol. The highest BCUT2D eigenvalue weighted by molar-refractivity contribution is 7.98. The van der Waals surface area contributed by atoms with Crippen molar-refractivity contribution >= 4 is 23.4 Å². The highest BCUT2D eigenvalue weighted by Crippen LogP contribution is 2.17. The van der Waals surface area contributed by atoms with Crippen LogP contribution in [0.3, 0.4) is 0 Å². The Morgan fingerprint density at radius 2 is 1.76 bits per heavy atom. The number of nitrogens with zero attached hydrogens (tertiary/aromatic N) is 1. The van der Waals surface area contributed by atoms with Gasteiger partial charge in [-0.3, -0.25) is 9.78 Å². The predicted octanol–water partition coefficient (Wildman–Crippen LogP) is 3.06. The highest BCUT2D eigenvalue weighted by Gasteiger charge is 2.04. The van der Waals surface area contributed by atoms with Crippen LogP contribution in [-0.4, -0.2) is 17.1 Å². The Morgan fingerprint density at radius 1 is 1.12 bits per heavy atom. The summed E-state index contributed by atoms with van der Waals surface area (Å²) in [5, 5.41) is 2.83. The van der Waals surface area contributed by atoms with Gasteiger partial charge in [-0.1, -0.05) is 0 Å². The Kier molecular flexibility index (Phi) is 3.77. The predicted molar refractivity (Wildman–Crippen MR) is 70.4 cm³/mol. The molecule has 17 heavy (non-hydrogen) atoms. The summed E-state index contributed by atoms with van der Waals surface area (Å²) in [6.07, 6.45) is 5.22. The molecule has 0 atom stereocenters. The van der Waals surface area contributed by atoms with Crippen LogP contribution < -0.4 is 5.32 Å². The molecule has 2 rings (SSSR count). The molecule has 0 saturated carbocycles. The van der Waals surface area contributed by atoms with Crippen molar-refractivity contribution < 1.29 is 4.79 Å². The summed E-state index contributed by atoms with van der Waals surface area (Å²) in [7, 11) is 0. The van der Waals surface area contributed by atoms with Gasteiger partial charge in [0.2, 0.25) is 0 Å². The van der Waals surface area contributed by atoms with Gasteiger partial charge in [0.1, 0.15) is 0 Å². The number of rotatable bonds is 3. The van der Waals surface area contributed by atoms with Crippen molar-refractivity contribution in [3.63, 3.8) is 0 Å². The number of thioether (sulfide) groups is 1. The van der Waals surface area contributed by atoms with E-state index in [1.807, 2.05) is 30.5 Å². The van der Waals surface area contributed by atoms with E-state index in [0.717, 1.165) is 5.69 Å². The fraction of sp³-hybridized carbons (Fsp3) is 0.0769. The molecule has 0 saturated heterocycles. The minimum atomic E-state index is -0.121. The van der Waals surface area contributed by atoms with Crippen LogP contribution in [0.25, 0.3) is 0 Å². The number of anilines is 1. The first-order valence-corrected chi connectivity index (χ1v) is 6.37. The number of hydrogen-bond donors (Lipinski definition) is 1. The second kappa shape index (κ2) is 5.50. The maximum Gasteiger partial charge on any atom is 0.255 e. The lowest BCUT2D eigenvalue weighted by atomic mass is 10.2. The summed E-state index contributed by atoms with van der Waals surface area (Å²) in [6.45, 7) is 0. The molecule has 0 unspecified atom stereocenters. The molecular formula is C13H12N2OS. The molecule has 0 bridgehead atoms. The fourth-order valence-electron chi connectivity index (χ4n) is 1.38. The van der Waals surface area contributed by atoms with Crippen molar-refractivity contribution in [3.8, 4) is 0 Å². The average Bonchev–Trinajstić information content (AvgIpc) is 2.40. The zero-order chi connectivity index (χ0) is 12.1. The first kappa shape index (κ1) is 11.7. The zero-order valence-electron chi connectivity index (χ0n) is 9.38. The third-order valence-corrected chi connectivity index (χ3v) is 3.03. The molecule has 4 heteroatoms. The maximum atomic E-state index is 11.8. The quantitative estimate of drug-likeness (QED) is 0.844. The molecule has 0 radical (unpaired) electrons. The number of carbonyl (C=O) groups excluding carboxylic acids is 1. The van der Waals surface area contributed by atoms with Gasteiger partial charge < -0.3 is 5.32 Å². The van der Waals surface area contributed by atoms with E-state index in [0.29, 0.717) is 5.56 Å². The van der Waals surface area contributed by atoms with Gasteiger partial charge in [0.05, 0.1) is 0 Å². The number of hydrogen-bond acceptors (Lipinski definition) is 3. The Balaban J connectivity index is 2.08. The van der Waals surface area contributed by atoms with E-state index < -0.39 is 0 Å². The van der Waals surface area contributed by atoms with Gasteiger partial charge in [-0.25, -0.2) is 0 Å². The summed E-state index contributed by atoms with van der Waals surface area (Å²) < 4.78 is 0. The number of aromatic nitrogens is 1. The van der Waals surface area contributed by atoms with Crippen molar-refractivity contribution in [1.29, 1.82) is 0 Å². The molecule has 1 aromatic heterocycles. The molecule has 0 aliphatic rings. The molecule has 2 aromatic rings. The standard InChI is InChI=1S/C13H12N2OS/c1-17-12-4-2-11(3-5-12)15-13(16)10-6-8-14-9-7-10/h2-9H,1H3,(H,15,16). The van der Waals surface area contributed by atoms with E-state index in [1.165, 1.54) is 4.90 Å². The molecule has 0 aliphatic heterocycles. The van der Waals surface area contributed by atoms with E-state index in [4.69, 9.17) is 0 Å². The minimum Gasteiger partial charge on any atom is -0.322 e. The van der Waals surface area contributed by atoms with Gasteiger partial charge in [0.25, 0.3) is 5.91 Å². The van der Waals surface area contributed by atoms with Gasteiger partial charge in [0.15, 0.2) is 0 Å². The van der Waals surface area contributed by atoms with E-state index >= 15 is 0 Å². The minimum absolute atomic E-state index is 0.121. The average molecular weight is 244 g/mol. The topological polar surface area (TPSA) is 42.0 Å². The Bertz CT molecular complexity index is 497. The summed E-state index contributed by atoms with van der Waals surface area (Å²) in [5.74, 6) is -0.121. The second-order valence-corrected chi connectivity index (χ2v) is 4.30. The Hall–Kier alpha value is -1.81. The van der Waals surface area contributed by atoms with Gasteiger partial charge >= 0.3 is 0 Å². The Morgan fingerprint density at radius 3 is 2.35 bits per heavy atom.